The van der Waals surface area contributed by atoms with Crippen LogP contribution in [0.3, 0.4) is 0 Å². The molecule has 1 fully saturated rings. The lowest BCUT2D eigenvalue weighted by molar-refractivity contribution is 0.0530. The number of hydrogen-bond acceptors (Lipinski definition) is 1. The molecule has 0 bridgehead atoms. The van der Waals surface area contributed by atoms with E-state index in [1.54, 1.807) is 0 Å². The largest absolute Gasteiger partial charge is 0.414 e. The van der Waals surface area contributed by atoms with Gasteiger partial charge in [0.2, 0.25) is 0 Å². The molecule has 4 atom stereocenters. The van der Waals surface area contributed by atoms with Gasteiger partial charge in [-0.3, -0.25) is 0 Å². The molecule has 0 heterocycles. The van der Waals surface area contributed by atoms with Gasteiger partial charge >= 0.3 is 0 Å². The fourth-order valence-corrected chi connectivity index (χ4v) is 6.33. The van der Waals surface area contributed by atoms with Crippen LogP contribution in [0.1, 0.15) is 55.4 Å². The van der Waals surface area contributed by atoms with Crippen LogP contribution in [0.15, 0.2) is 0 Å². The molecule has 0 amide bonds. The van der Waals surface area contributed by atoms with Crippen LogP contribution in [0, 0.1) is 47.3 Å². The van der Waals surface area contributed by atoms with E-state index >= 15 is 0 Å². The highest BCUT2D eigenvalue weighted by molar-refractivity contribution is 6.69. The second-order valence-corrected chi connectivity index (χ2v) is 14.4. The predicted molar refractivity (Wildman–Crippen MR) is 102 cm³/mol. The van der Waals surface area contributed by atoms with Gasteiger partial charge < -0.3 is 4.43 Å². The molecule has 2 heteroatoms. The van der Waals surface area contributed by atoms with E-state index in [4.69, 9.17) is 4.43 Å². The van der Waals surface area contributed by atoms with Crippen molar-refractivity contribution in [1.82, 2.24) is 0 Å². The van der Waals surface area contributed by atoms with Crippen LogP contribution in [-0.2, 0) is 4.43 Å². The molecule has 0 radical (unpaired) electrons. The first kappa shape index (κ1) is 20.2. The molecule has 0 N–H and O–H groups in total. The summed E-state index contributed by atoms with van der Waals surface area (Å²) in [5.74, 6) is 5.94. The fourth-order valence-electron chi connectivity index (χ4n) is 5.20. The summed E-state index contributed by atoms with van der Waals surface area (Å²) in [6.07, 6.45) is 0.464. The Hall–Kier alpha value is 0.177. The highest BCUT2D eigenvalue weighted by Gasteiger charge is 2.54. The van der Waals surface area contributed by atoms with Crippen molar-refractivity contribution in [3.8, 4) is 0 Å². The molecule has 0 saturated heterocycles. The molecule has 0 aromatic carbocycles. The minimum Gasteiger partial charge on any atom is -0.414 e. The van der Waals surface area contributed by atoms with E-state index in [0.29, 0.717) is 29.8 Å². The minimum atomic E-state index is -1.53. The third-order valence-electron chi connectivity index (χ3n) is 5.66. The summed E-state index contributed by atoms with van der Waals surface area (Å²) in [5, 5.41) is 0. The zero-order valence-electron chi connectivity index (χ0n) is 17.1. The van der Waals surface area contributed by atoms with Crippen LogP contribution in [0.5, 0.6) is 0 Å². The van der Waals surface area contributed by atoms with E-state index in [0.717, 1.165) is 23.7 Å². The first-order valence-electron chi connectivity index (χ1n) is 9.56. The van der Waals surface area contributed by atoms with Crippen LogP contribution < -0.4 is 0 Å². The summed E-state index contributed by atoms with van der Waals surface area (Å²) in [6.45, 7) is 26.5. The lowest BCUT2D eigenvalue weighted by Crippen LogP contribution is -2.41. The lowest BCUT2D eigenvalue weighted by Gasteiger charge is -2.36. The van der Waals surface area contributed by atoms with Crippen molar-refractivity contribution in [3.05, 3.63) is 0 Å². The molecule has 22 heavy (non-hydrogen) atoms. The van der Waals surface area contributed by atoms with Gasteiger partial charge in [0.15, 0.2) is 8.32 Å². The van der Waals surface area contributed by atoms with Crippen molar-refractivity contribution in [2.24, 2.45) is 47.3 Å². The highest BCUT2D eigenvalue weighted by Crippen LogP contribution is 2.55. The SMILES string of the molecule is CC(C)C1C(O[Si](C)(C)C)C(C(C)C)C(C(C)C)C1C(C)C. The molecular weight excluding hydrogens is 284 g/mol. The summed E-state index contributed by atoms with van der Waals surface area (Å²) in [7, 11) is -1.53. The smallest absolute Gasteiger partial charge is 0.184 e. The van der Waals surface area contributed by atoms with Crippen molar-refractivity contribution in [3.63, 3.8) is 0 Å². The van der Waals surface area contributed by atoms with Crippen LogP contribution in [-0.4, -0.2) is 14.4 Å². The Morgan fingerprint density at radius 1 is 0.545 bits per heavy atom. The van der Waals surface area contributed by atoms with E-state index in [1.807, 2.05) is 0 Å². The Kier molecular flexibility index (Phi) is 6.78. The standard InChI is InChI=1S/C20H42OSi/c1-12(2)16-17(13(3)4)19(15(7)8)20(18(16)14(5)6)21-22(9,10)11/h12-20H,1-11H3. The molecule has 0 spiro atoms. The molecule has 1 aliphatic carbocycles. The van der Waals surface area contributed by atoms with Gasteiger partial charge in [-0.25, -0.2) is 0 Å². The van der Waals surface area contributed by atoms with E-state index in [2.05, 4.69) is 75.0 Å². The topological polar surface area (TPSA) is 9.23 Å². The van der Waals surface area contributed by atoms with Crippen molar-refractivity contribution in [2.75, 3.05) is 0 Å². The Labute approximate surface area is 141 Å². The Morgan fingerprint density at radius 2 is 0.818 bits per heavy atom. The zero-order valence-corrected chi connectivity index (χ0v) is 18.1. The maximum atomic E-state index is 6.85. The number of hydrogen-bond donors (Lipinski definition) is 0. The van der Waals surface area contributed by atoms with Gasteiger partial charge in [0.05, 0.1) is 6.10 Å². The van der Waals surface area contributed by atoms with E-state index in [-0.39, 0.29) is 0 Å². The Morgan fingerprint density at radius 3 is 1.00 bits per heavy atom. The molecule has 132 valence electrons. The Balaban J connectivity index is 3.33. The Bertz CT molecular complexity index is 314. The summed E-state index contributed by atoms with van der Waals surface area (Å²) >= 11 is 0. The first-order valence-corrected chi connectivity index (χ1v) is 13.0. The van der Waals surface area contributed by atoms with Crippen LogP contribution in [0.4, 0.5) is 0 Å². The summed E-state index contributed by atoms with van der Waals surface area (Å²) in [5.41, 5.74) is 0. The second kappa shape index (κ2) is 7.38. The minimum absolute atomic E-state index is 0.464. The highest BCUT2D eigenvalue weighted by atomic mass is 28.4. The maximum Gasteiger partial charge on any atom is 0.184 e. The summed E-state index contributed by atoms with van der Waals surface area (Å²) in [6, 6.07) is 0. The van der Waals surface area contributed by atoms with Gasteiger partial charge in [-0.1, -0.05) is 55.4 Å². The quantitative estimate of drug-likeness (QED) is 0.520. The molecule has 0 aliphatic heterocycles. The summed E-state index contributed by atoms with van der Waals surface area (Å²) < 4.78 is 6.85. The molecule has 1 rings (SSSR count). The van der Waals surface area contributed by atoms with Crippen LogP contribution >= 0.6 is 0 Å². The van der Waals surface area contributed by atoms with Crippen molar-refractivity contribution in [1.29, 1.82) is 0 Å². The lowest BCUT2D eigenvalue weighted by atomic mass is 9.70. The molecule has 1 saturated carbocycles. The van der Waals surface area contributed by atoms with Gasteiger partial charge in [-0.2, -0.15) is 0 Å². The van der Waals surface area contributed by atoms with Gasteiger partial charge in [0.1, 0.15) is 0 Å². The molecule has 0 aromatic rings. The van der Waals surface area contributed by atoms with Crippen molar-refractivity contribution < 1.29 is 4.43 Å². The van der Waals surface area contributed by atoms with E-state index < -0.39 is 8.32 Å². The fraction of sp³-hybridized carbons (Fsp3) is 1.00. The van der Waals surface area contributed by atoms with Gasteiger partial charge in [0, 0.05) is 0 Å². The normalized spacial score (nSPS) is 33.7. The molecular formula is C20H42OSi. The van der Waals surface area contributed by atoms with Crippen LogP contribution in [0.2, 0.25) is 19.6 Å². The average molecular weight is 327 g/mol. The third-order valence-corrected chi connectivity index (χ3v) is 6.64. The van der Waals surface area contributed by atoms with E-state index in [9.17, 15) is 0 Å². The van der Waals surface area contributed by atoms with Gasteiger partial charge in [-0.15, -0.1) is 0 Å². The zero-order chi connectivity index (χ0) is 17.4. The summed E-state index contributed by atoms with van der Waals surface area (Å²) in [4.78, 5) is 0. The van der Waals surface area contributed by atoms with Gasteiger partial charge in [0.25, 0.3) is 0 Å². The predicted octanol–water partition coefficient (Wildman–Crippen LogP) is 6.31. The number of rotatable bonds is 6. The van der Waals surface area contributed by atoms with Crippen molar-refractivity contribution >= 4 is 8.32 Å². The first-order chi connectivity index (χ1) is 9.88. The average Bonchev–Trinajstić information content (AvgIpc) is 2.61. The molecule has 4 unspecified atom stereocenters. The van der Waals surface area contributed by atoms with Gasteiger partial charge in [-0.05, 0) is 67.0 Å². The van der Waals surface area contributed by atoms with Crippen LogP contribution in [0.25, 0.3) is 0 Å². The molecule has 0 aromatic heterocycles. The third kappa shape index (κ3) is 4.38. The van der Waals surface area contributed by atoms with E-state index in [1.165, 1.54) is 0 Å². The van der Waals surface area contributed by atoms with Crippen molar-refractivity contribution in [2.45, 2.75) is 81.1 Å². The molecule has 1 nitrogen and oxygen atoms in total. The second-order valence-electron chi connectivity index (χ2n) is 9.98. The maximum absolute atomic E-state index is 6.85. The monoisotopic (exact) mass is 326 g/mol. The molecule has 1 aliphatic rings.